The molecule has 1 aromatic rings. The molecule has 16 heavy (non-hydrogen) atoms. The van der Waals surface area contributed by atoms with Crippen molar-refractivity contribution in [3.8, 4) is 0 Å². The van der Waals surface area contributed by atoms with Gasteiger partial charge in [-0.05, 0) is 11.1 Å². The highest BCUT2D eigenvalue weighted by Crippen LogP contribution is 2.56. The Kier molecular flexibility index (Phi) is 2.66. The lowest BCUT2D eigenvalue weighted by Gasteiger charge is -2.08. The fraction of sp³-hybridized carbons (Fsp3) is 0.417. The minimum absolute atomic E-state index is 0.0675. The van der Waals surface area contributed by atoms with Crippen molar-refractivity contribution in [3.05, 3.63) is 35.4 Å². The standard InChI is InChI=1S/C12H12F2O2/c1-8(15)16-7-9-4-2-3-5-10(9)11-6-12(11,13)14/h2-5,11H,6-7H2,1H3. The molecule has 0 saturated heterocycles. The number of carbonyl (C=O) groups is 1. The van der Waals surface area contributed by atoms with E-state index in [0.717, 1.165) is 0 Å². The summed E-state index contributed by atoms with van der Waals surface area (Å²) in [7, 11) is 0. The summed E-state index contributed by atoms with van der Waals surface area (Å²) in [6.07, 6.45) is -0.107. The van der Waals surface area contributed by atoms with Gasteiger partial charge in [0.25, 0.3) is 5.92 Å². The second-order valence-electron chi connectivity index (χ2n) is 4.00. The largest absolute Gasteiger partial charge is 0.461 e. The number of carbonyl (C=O) groups excluding carboxylic acids is 1. The first-order chi connectivity index (χ1) is 7.50. The maximum atomic E-state index is 13.0. The highest BCUT2D eigenvalue weighted by atomic mass is 19.3. The third kappa shape index (κ3) is 2.21. The summed E-state index contributed by atoms with van der Waals surface area (Å²) < 4.78 is 30.7. The highest BCUT2D eigenvalue weighted by molar-refractivity contribution is 5.66. The van der Waals surface area contributed by atoms with E-state index in [0.29, 0.717) is 11.1 Å². The minimum atomic E-state index is -2.59. The quantitative estimate of drug-likeness (QED) is 0.741. The van der Waals surface area contributed by atoms with Gasteiger partial charge in [0, 0.05) is 13.3 Å². The molecular formula is C12H12F2O2. The van der Waals surface area contributed by atoms with Gasteiger partial charge in [-0.25, -0.2) is 8.78 Å². The monoisotopic (exact) mass is 226 g/mol. The second kappa shape index (κ2) is 3.85. The lowest BCUT2D eigenvalue weighted by molar-refractivity contribution is -0.142. The molecule has 0 N–H and O–H groups in total. The minimum Gasteiger partial charge on any atom is -0.461 e. The third-order valence-corrected chi connectivity index (χ3v) is 2.69. The van der Waals surface area contributed by atoms with Crippen molar-refractivity contribution in [2.45, 2.75) is 31.8 Å². The maximum absolute atomic E-state index is 13.0. The summed E-state index contributed by atoms with van der Waals surface area (Å²) in [6, 6.07) is 6.86. The first-order valence-electron chi connectivity index (χ1n) is 5.09. The molecule has 2 nitrogen and oxygen atoms in total. The van der Waals surface area contributed by atoms with Crippen molar-refractivity contribution in [2.75, 3.05) is 0 Å². The van der Waals surface area contributed by atoms with Gasteiger partial charge in [0.05, 0.1) is 5.92 Å². The van der Waals surface area contributed by atoms with E-state index in [1.165, 1.54) is 6.92 Å². The zero-order chi connectivity index (χ0) is 11.8. The summed E-state index contributed by atoms with van der Waals surface area (Å²) in [5.41, 5.74) is 1.26. The molecule has 1 aliphatic rings. The Morgan fingerprint density at radius 3 is 2.69 bits per heavy atom. The summed E-state index contributed by atoms with van der Waals surface area (Å²) in [4.78, 5) is 10.7. The Hall–Kier alpha value is -1.45. The van der Waals surface area contributed by atoms with Gasteiger partial charge in [0.2, 0.25) is 0 Å². The number of alkyl halides is 2. The fourth-order valence-electron chi connectivity index (χ4n) is 1.74. The summed E-state index contributed by atoms with van der Waals surface area (Å²) in [6.45, 7) is 1.37. The van der Waals surface area contributed by atoms with Crippen molar-refractivity contribution in [1.29, 1.82) is 0 Å². The van der Waals surface area contributed by atoms with Gasteiger partial charge in [-0.2, -0.15) is 0 Å². The van der Waals surface area contributed by atoms with Crippen LogP contribution in [0.3, 0.4) is 0 Å². The zero-order valence-electron chi connectivity index (χ0n) is 8.87. The van der Waals surface area contributed by atoms with E-state index in [-0.39, 0.29) is 13.0 Å². The number of rotatable bonds is 3. The molecule has 2 rings (SSSR count). The predicted molar refractivity (Wildman–Crippen MR) is 54.2 cm³/mol. The lowest BCUT2D eigenvalue weighted by atomic mass is 10.0. The summed E-state index contributed by atoms with van der Waals surface area (Å²) >= 11 is 0. The van der Waals surface area contributed by atoms with Crippen LogP contribution < -0.4 is 0 Å². The van der Waals surface area contributed by atoms with Gasteiger partial charge in [-0.15, -0.1) is 0 Å². The van der Waals surface area contributed by atoms with Gasteiger partial charge in [-0.1, -0.05) is 24.3 Å². The predicted octanol–water partition coefficient (Wildman–Crippen LogP) is 2.87. The van der Waals surface area contributed by atoms with Crippen LogP contribution >= 0.6 is 0 Å². The maximum Gasteiger partial charge on any atom is 0.302 e. The average Bonchev–Trinajstić information content (AvgIpc) is 2.85. The normalized spacial score (nSPS) is 21.6. The van der Waals surface area contributed by atoms with Crippen LogP contribution in [0.4, 0.5) is 8.78 Å². The number of hydrogen-bond donors (Lipinski definition) is 0. The molecule has 1 saturated carbocycles. The molecule has 1 unspecified atom stereocenters. The van der Waals surface area contributed by atoms with Crippen molar-refractivity contribution in [3.63, 3.8) is 0 Å². The molecule has 0 aliphatic heterocycles. The van der Waals surface area contributed by atoms with E-state index < -0.39 is 17.8 Å². The molecule has 0 radical (unpaired) electrons. The summed E-state index contributed by atoms with van der Waals surface area (Å²) in [5.74, 6) is -3.71. The molecule has 1 atom stereocenters. The SMILES string of the molecule is CC(=O)OCc1ccccc1C1CC1(F)F. The van der Waals surface area contributed by atoms with Crippen LogP contribution in [0.5, 0.6) is 0 Å². The van der Waals surface area contributed by atoms with E-state index in [2.05, 4.69) is 0 Å². The van der Waals surface area contributed by atoms with E-state index in [9.17, 15) is 13.6 Å². The molecule has 0 amide bonds. The van der Waals surface area contributed by atoms with Crippen LogP contribution in [0.25, 0.3) is 0 Å². The highest BCUT2D eigenvalue weighted by Gasteiger charge is 2.58. The van der Waals surface area contributed by atoms with Gasteiger partial charge in [-0.3, -0.25) is 4.79 Å². The van der Waals surface area contributed by atoms with Gasteiger partial charge >= 0.3 is 5.97 Å². The van der Waals surface area contributed by atoms with E-state index in [4.69, 9.17) is 4.74 Å². The molecular weight excluding hydrogens is 214 g/mol. The van der Waals surface area contributed by atoms with Crippen molar-refractivity contribution in [1.82, 2.24) is 0 Å². The van der Waals surface area contributed by atoms with Gasteiger partial charge in [0.1, 0.15) is 6.61 Å². The van der Waals surface area contributed by atoms with Crippen LogP contribution in [0.2, 0.25) is 0 Å². The molecule has 0 heterocycles. The molecule has 1 fully saturated rings. The molecule has 0 spiro atoms. The molecule has 4 heteroatoms. The van der Waals surface area contributed by atoms with Gasteiger partial charge < -0.3 is 4.74 Å². The number of ether oxygens (including phenoxy) is 1. The van der Waals surface area contributed by atoms with E-state index >= 15 is 0 Å². The first-order valence-corrected chi connectivity index (χ1v) is 5.09. The van der Waals surface area contributed by atoms with Crippen molar-refractivity contribution >= 4 is 5.97 Å². The number of halogens is 2. The second-order valence-corrected chi connectivity index (χ2v) is 4.00. The van der Waals surface area contributed by atoms with Crippen molar-refractivity contribution < 1.29 is 18.3 Å². The lowest BCUT2D eigenvalue weighted by Crippen LogP contribution is -2.03. The van der Waals surface area contributed by atoms with Crippen LogP contribution in [-0.2, 0) is 16.1 Å². The molecule has 0 bridgehead atoms. The van der Waals surface area contributed by atoms with E-state index in [1.54, 1.807) is 24.3 Å². The number of esters is 1. The van der Waals surface area contributed by atoms with Crippen LogP contribution in [0.1, 0.15) is 30.4 Å². The number of hydrogen-bond acceptors (Lipinski definition) is 2. The third-order valence-electron chi connectivity index (χ3n) is 2.69. The Balaban J connectivity index is 2.15. The van der Waals surface area contributed by atoms with Crippen LogP contribution in [0.15, 0.2) is 24.3 Å². The smallest absolute Gasteiger partial charge is 0.302 e. The molecule has 1 aliphatic carbocycles. The van der Waals surface area contributed by atoms with Gasteiger partial charge in [0.15, 0.2) is 0 Å². The topological polar surface area (TPSA) is 26.3 Å². The Bertz CT molecular complexity index is 415. The Morgan fingerprint density at radius 2 is 2.12 bits per heavy atom. The van der Waals surface area contributed by atoms with Crippen LogP contribution in [0, 0.1) is 0 Å². The fourth-order valence-corrected chi connectivity index (χ4v) is 1.74. The molecule has 86 valence electrons. The Morgan fingerprint density at radius 1 is 1.50 bits per heavy atom. The average molecular weight is 226 g/mol. The van der Waals surface area contributed by atoms with Crippen molar-refractivity contribution in [2.24, 2.45) is 0 Å². The number of benzene rings is 1. The van der Waals surface area contributed by atoms with Crippen LogP contribution in [-0.4, -0.2) is 11.9 Å². The van der Waals surface area contributed by atoms with E-state index in [1.807, 2.05) is 0 Å². The Labute approximate surface area is 92.2 Å². The molecule has 0 aromatic heterocycles. The first kappa shape index (κ1) is 11.0. The molecule has 1 aromatic carbocycles. The summed E-state index contributed by atoms with van der Waals surface area (Å²) in [5, 5.41) is 0. The zero-order valence-corrected chi connectivity index (χ0v) is 8.87.